The third-order valence-corrected chi connectivity index (χ3v) is 9.18. The van der Waals surface area contributed by atoms with Gasteiger partial charge in [-0.25, -0.2) is 9.97 Å². The quantitative estimate of drug-likeness (QED) is 0.228. The molecule has 1 atom stereocenters. The number of anilines is 1. The Morgan fingerprint density at radius 1 is 0.979 bits per heavy atom. The minimum Gasteiger partial charge on any atom is -0.469 e. The number of para-hydroxylation sites is 1. The fourth-order valence-corrected chi connectivity index (χ4v) is 6.52. The molecular formula is C36H47N7O4. The van der Waals surface area contributed by atoms with Crippen LogP contribution in [0.3, 0.4) is 0 Å². The number of fused-ring (bicyclic) bond motifs is 3. The number of nitrogens with zero attached hydrogens (tertiary/aromatic N) is 6. The van der Waals surface area contributed by atoms with Crippen LogP contribution in [0.1, 0.15) is 57.0 Å². The van der Waals surface area contributed by atoms with Crippen LogP contribution < -0.4 is 5.73 Å². The minimum absolute atomic E-state index is 0.0191. The molecule has 11 nitrogen and oxygen atoms in total. The van der Waals surface area contributed by atoms with Crippen LogP contribution in [0.25, 0.3) is 21.9 Å². The Hall–Kier alpha value is -4.51. The molecule has 5 rings (SSSR count). The fourth-order valence-electron chi connectivity index (χ4n) is 6.52. The van der Waals surface area contributed by atoms with Gasteiger partial charge in [0.25, 0.3) is 0 Å². The number of carbonyl (C=O) groups is 3. The molecule has 1 saturated heterocycles. The van der Waals surface area contributed by atoms with Crippen LogP contribution in [0.15, 0.2) is 48.5 Å². The number of aromatic nitrogens is 3. The van der Waals surface area contributed by atoms with Gasteiger partial charge in [-0.05, 0) is 30.0 Å². The number of pyridine rings is 1. The van der Waals surface area contributed by atoms with Crippen molar-refractivity contribution >= 4 is 45.5 Å². The molecule has 4 aromatic rings. The van der Waals surface area contributed by atoms with E-state index in [1.54, 1.807) is 13.8 Å². The monoisotopic (exact) mass is 641 g/mol. The number of methoxy groups -OCH3 is 1. The van der Waals surface area contributed by atoms with Gasteiger partial charge in [-0.2, -0.15) is 0 Å². The average Bonchev–Trinajstić information content (AvgIpc) is 3.23. The molecule has 2 N–H and O–H groups in total. The molecule has 1 aliphatic rings. The predicted molar refractivity (Wildman–Crippen MR) is 184 cm³/mol. The normalized spacial score (nSPS) is 14.7. The Bertz CT molecular complexity index is 1720. The highest BCUT2D eigenvalue weighted by Crippen LogP contribution is 2.30. The second-order valence-electron chi connectivity index (χ2n) is 12.5. The van der Waals surface area contributed by atoms with Crippen molar-refractivity contribution in [2.75, 3.05) is 45.6 Å². The van der Waals surface area contributed by atoms with Gasteiger partial charge in [0, 0.05) is 77.5 Å². The van der Waals surface area contributed by atoms with Gasteiger partial charge in [-0.3, -0.25) is 19.3 Å². The molecule has 1 unspecified atom stereocenters. The highest BCUT2D eigenvalue weighted by Gasteiger charge is 2.29. The zero-order valence-electron chi connectivity index (χ0n) is 28.1. The zero-order chi connectivity index (χ0) is 33.5. The van der Waals surface area contributed by atoms with Crippen LogP contribution in [0.5, 0.6) is 0 Å². The summed E-state index contributed by atoms with van der Waals surface area (Å²) in [6, 6.07) is 15.7. The van der Waals surface area contributed by atoms with E-state index in [1.807, 2.05) is 52.3 Å². The largest absolute Gasteiger partial charge is 0.469 e. The Balaban J connectivity index is 1.52. The molecule has 47 heavy (non-hydrogen) atoms. The fraction of sp³-hybridized carbons (Fsp3) is 0.472. The van der Waals surface area contributed by atoms with E-state index in [0.29, 0.717) is 44.1 Å². The van der Waals surface area contributed by atoms with Crippen LogP contribution in [0.4, 0.5) is 5.82 Å². The van der Waals surface area contributed by atoms with E-state index >= 15 is 0 Å². The van der Waals surface area contributed by atoms with Gasteiger partial charge >= 0.3 is 5.97 Å². The molecule has 0 radical (unpaired) electrons. The van der Waals surface area contributed by atoms with Crippen LogP contribution >= 0.6 is 0 Å². The maximum Gasteiger partial charge on any atom is 0.309 e. The first-order valence-corrected chi connectivity index (χ1v) is 16.6. The molecule has 1 aliphatic heterocycles. The number of ether oxygens (including phenoxy) is 1. The van der Waals surface area contributed by atoms with E-state index in [-0.39, 0.29) is 30.2 Å². The lowest BCUT2D eigenvalue weighted by atomic mass is 10.1. The first-order valence-electron chi connectivity index (χ1n) is 16.6. The number of nitrogens with two attached hydrogens (primary N) is 1. The third kappa shape index (κ3) is 8.08. The van der Waals surface area contributed by atoms with Crippen molar-refractivity contribution in [1.29, 1.82) is 0 Å². The summed E-state index contributed by atoms with van der Waals surface area (Å²) in [6.45, 7) is 9.82. The van der Waals surface area contributed by atoms with Gasteiger partial charge in [0.05, 0.1) is 24.6 Å². The van der Waals surface area contributed by atoms with Crippen molar-refractivity contribution < 1.29 is 19.1 Å². The third-order valence-electron chi connectivity index (χ3n) is 9.18. The SMILES string of the molecule is CCCCc1nc2c(N)nc3ccccc3c2n1CC(CN(Cc1ccc(CC(=O)OC)cc1)C(C)=O)N1CCCN(C(C)=O)CC1. The minimum atomic E-state index is -0.289. The van der Waals surface area contributed by atoms with Gasteiger partial charge in [0.2, 0.25) is 11.8 Å². The summed E-state index contributed by atoms with van der Waals surface area (Å²) in [5.74, 6) is 1.16. The van der Waals surface area contributed by atoms with Crippen LogP contribution in [0.2, 0.25) is 0 Å². The number of hydrogen-bond acceptors (Lipinski definition) is 8. The first-order chi connectivity index (χ1) is 22.7. The molecule has 2 aromatic carbocycles. The molecule has 0 bridgehead atoms. The number of benzene rings is 2. The first kappa shape index (κ1) is 33.8. The van der Waals surface area contributed by atoms with E-state index < -0.39 is 0 Å². The molecule has 2 amide bonds. The summed E-state index contributed by atoms with van der Waals surface area (Å²) in [5, 5.41) is 1.000. The Kier molecular flexibility index (Phi) is 11.1. The maximum atomic E-state index is 13.2. The van der Waals surface area contributed by atoms with Gasteiger partial charge in [0.15, 0.2) is 5.82 Å². The molecule has 1 fully saturated rings. The van der Waals surface area contributed by atoms with Crippen molar-refractivity contribution in [1.82, 2.24) is 29.2 Å². The number of nitrogen functional groups attached to an aromatic ring is 1. The van der Waals surface area contributed by atoms with E-state index in [0.717, 1.165) is 72.1 Å². The lowest BCUT2D eigenvalue weighted by Gasteiger charge is -2.35. The van der Waals surface area contributed by atoms with Crippen LogP contribution in [0, 0.1) is 0 Å². The summed E-state index contributed by atoms with van der Waals surface area (Å²) in [4.78, 5) is 53.2. The van der Waals surface area contributed by atoms with E-state index in [4.69, 9.17) is 15.5 Å². The Morgan fingerprint density at radius 2 is 1.72 bits per heavy atom. The van der Waals surface area contributed by atoms with Crippen molar-refractivity contribution in [2.45, 2.75) is 72.0 Å². The van der Waals surface area contributed by atoms with Gasteiger partial charge in [-0.15, -0.1) is 0 Å². The molecule has 2 aromatic heterocycles. The molecular weight excluding hydrogens is 594 g/mol. The van der Waals surface area contributed by atoms with E-state index in [2.05, 4.69) is 27.4 Å². The van der Waals surface area contributed by atoms with Gasteiger partial charge in [0.1, 0.15) is 11.3 Å². The number of esters is 1. The van der Waals surface area contributed by atoms with Crippen LogP contribution in [-0.4, -0.2) is 92.9 Å². The topological polar surface area (TPSA) is 127 Å². The van der Waals surface area contributed by atoms with Crippen molar-refractivity contribution in [3.8, 4) is 0 Å². The lowest BCUT2D eigenvalue weighted by Crippen LogP contribution is -2.49. The smallest absolute Gasteiger partial charge is 0.309 e. The molecule has 0 spiro atoms. The molecule has 250 valence electrons. The summed E-state index contributed by atoms with van der Waals surface area (Å²) < 4.78 is 7.11. The molecule has 0 saturated carbocycles. The average molecular weight is 642 g/mol. The second-order valence-corrected chi connectivity index (χ2v) is 12.5. The highest BCUT2D eigenvalue weighted by molar-refractivity contribution is 6.06. The number of aryl methyl sites for hydroxylation is 1. The number of imidazole rings is 1. The number of rotatable bonds is 12. The van der Waals surface area contributed by atoms with Crippen LogP contribution in [-0.2, 0) is 45.1 Å². The summed E-state index contributed by atoms with van der Waals surface area (Å²) in [6.07, 6.45) is 3.88. The number of amides is 2. The highest BCUT2D eigenvalue weighted by atomic mass is 16.5. The molecule has 11 heteroatoms. The predicted octanol–water partition coefficient (Wildman–Crippen LogP) is 4.20. The molecule has 3 heterocycles. The summed E-state index contributed by atoms with van der Waals surface area (Å²) in [5.41, 5.74) is 10.9. The number of unbranched alkanes of at least 4 members (excludes halogenated alkanes) is 1. The van der Waals surface area contributed by atoms with E-state index in [1.165, 1.54) is 7.11 Å². The van der Waals surface area contributed by atoms with Crippen molar-refractivity contribution in [3.63, 3.8) is 0 Å². The summed E-state index contributed by atoms with van der Waals surface area (Å²) >= 11 is 0. The number of carbonyl (C=O) groups excluding carboxylic acids is 3. The van der Waals surface area contributed by atoms with E-state index in [9.17, 15) is 14.4 Å². The standard InChI is InChI=1S/C36H47N7O4/c1-5-6-12-32-39-34-35(30-10-7-8-11-31(30)38-36(34)37)43(32)24-29(41-18-9-17-40(19-20-41)25(2)44)23-42(26(3)45)22-28-15-13-27(14-16-28)21-33(46)47-4/h7-8,10-11,13-16,29H,5-6,9,12,17-24H2,1-4H3,(H2,37,38). The van der Waals surface area contributed by atoms with Crippen molar-refractivity contribution in [3.05, 3.63) is 65.5 Å². The number of hydrogen-bond donors (Lipinski definition) is 1. The van der Waals surface area contributed by atoms with Gasteiger partial charge < -0.3 is 24.8 Å². The Labute approximate surface area is 276 Å². The second kappa shape index (κ2) is 15.4. The maximum absolute atomic E-state index is 13.2. The van der Waals surface area contributed by atoms with Gasteiger partial charge in [-0.1, -0.05) is 55.8 Å². The lowest BCUT2D eigenvalue weighted by molar-refractivity contribution is -0.139. The Morgan fingerprint density at radius 3 is 2.43 bits per heavy atom. The summed E-state index contributed by atoms with van der Waals surface area (Å²) in [7, 11) is 1.38. The zero-order valence-corrected chi connectivity index (χ0v) is 28.1. The molecule has 0 aliphatic carbocycles. The van der Waals surface area contributed by atoms with Crippen molar-refractivity contribution in [2.24, 2.45) is 0 Å².